The van der Waals surface area contributed by atoms with Crippen LogP contribution < -0.4 is 38.1 Å². The maximum atomic E-state index is 13.8. The highest BCUT2D eigenvalue weighted by Gasteiger charge is 2.27. The summed E-state index contributed by atoms with van der Waals surface area (Å²) in [7, 11) is 1.75. The molecule has 15 heteroatoms. The van der Waals surface area contributed by atoms with Crippen LogP contribution in [0.5, 0.6) is 0 Å². The van der Waals surface area contributed by atoms with Crippen LogP contribution in [0, 0.1) is 5.92 Å². The molecule has 0 radical (unpaired) electrons. The fourth-order valence-corrected chi connectivity index (χ4v) is 5.14. The van der Waals surface area contributed by atoms with Gasteiger partial charge in [-0.15, -0.1) is 0 Å². The Morgan fingerprint density at radius 1 is 1.10 bits per heavy atom. The zero-order chi connectivity index (χ0) is 31.6. The lowest BCUT2D eigenvalue weighted by Gasteiger charge is -2.24. The van der Waals surface area contributed by atoms with Gasteiger partial charge in [-0.1, -0.05) is 31.3 Å². The maximum absolute atomic E-state index is 13.8. The number of Topliss-reactive ketones (excluding diaryl/α,β-unsaturated/α-hetero) is 1. The number of fused-ring (bicyclic) bond motifs is 1. The fourth-order valence-electron chi connectivity index (χ4n) is 4.17. The summed E-state index contributed by atoms with van der Waals surface area (Å²) in [6, 6.07) is 3.43. The second-order valence-electron chi connectivity index (χ2n) is 11.2. The number of thiazole rings is 1. The van der Waals surface area contributed by atoms with Crippen LogP contribution in [0.4, 0.5) is 4.79 Å². The first-order valence-corrected chi connectivity index (χ1v) is 14.4. The lowest BCUT2D eigenvalue weighted by molar-refractivity contribution is -0.127. The molecule has 0 aliphatic rings. The molecule has 1 heterocycles. The number of amides is 3. The minimum absolute atomic E-state index is 0.0745. The summed E-state index contributed by atoms with van der Waals surface area (Å²) >= 11 is 1.33. The predicted molar refractivity (Wildman–Crippen MR) is 162 cm³/mol. The van der Waals surface area contributed by atoms with Crippen molar-refractivity contribution >= 4 is 51.2 Å². The van der Waals surface area contributed by atoms with E-state index in [2.05, 4.69) is 26.0 Å². The van der Waals surface area contributed by atoms with Crippen molar-refractivity contribution in [2.45, 2.75) is 71.6 Å². The molecular weight excluding hydrogens is 562 g/mol. The van der Waals surface area contributed by atoms with Crippen LogP contribution in [0.2, 0.25) is 0 Å². The van der Waals surface area contributed by atoms with Gasteiger partial charge in [0.05, 0.1) is 22.8 Å². The predicted octanol–water partition coefficient (Wildman–Crippen LogP) is 0.791. The molecule has 0 aliphatic heterocycles. The van der Waals surface area contributed by atoms with Gasteiger partial charge in [0.2, 0.25) is 16.6 Å². The first-order chi connectivity index (χ1) is 19.6. The number of nitrogens with zero attached hydrogens (tertiary/aromatic N) is 3. The number of aryl methyl sites for hydroxylation is 1. The van der Waals surface area contributed by atoms with Gasteiger partial charge < -0.3 is 42.6 Å². The number of rotatable bonds is 13. The van der Waals surface area contributed by atoms with Crippen molar-refractivity contribution in [3.8, 4) is 0 Å². The lowest BCUT2D eigenvalue weighted by Crippen LogP contribution is -2.51. The minimum Gasteiger partial charge on any atom is -0.444 e. The monoisotopic (exact) mass is 605 g/mol. The van der Waals surface area contributed by atoms with E-state index in [1.165, 1.54) is 11.3 Å². The molecule has 0 aliphatic carbocycles. The van der Waals surface area contributed by atoms with Crippen molar-refractivity contribution < 1.29 is 23.9 Å². The fraction of sp³-hybridized carbons (Fsp3) is 0.556. The van der Waals surface area contributed by atoms with Gasteiger partial charge in [0.25, 0.3) is 0 Å². The smallest absolute Gasteiger partial charge is 0.408 e. The quantitative estimate of drug-likeness (QED) is 0.0477. The van der Waals surface area contributed by atoms with Crippen LogP contribution in [0.3, 0.4) is 0 Å². The molecule has 9 N–H and O–H groups in total. The number of aromatic nitrogens is 1. The molecule has 14 nitrogen and oxygen atoms in total. The SMILES string of the molecule is CC(C)C[C@H](NC(=O)OC(C)(C)C)C(=O)NCC(=O)N[C@@H](CCCN=C(N)N)C(=O)c1cccc2sc(=NN)n(C)c12. The number of benzene rings is 1. The largest absolute Gasteiger partial charge is 0.444 e. The second-order valence-corrected chi connectivity index (χ2v) is 12.2. The van der Waals surface area contributed by atoms with E-state index in [4.69, 9.17) is 22.0 Å². The molecule has 2 atom stereocenters. The number of hydrogen-bond donors (Lipinski definition) is 6. The van der Waals surface area contributed by atoms with Crippen molar-refractivity contribution in [2.24, 2.45) is 40.4 Å². The topological polar surface area (TPSA) is 221 Å². The van der Waals surface area contributed by atoms with Crippen molar-refractivity contribution in [1.82, 2.24) is 20.5 Å². The van der Waals surface area contributed by atoms with E-state index < -0.39 is 42.1 Å². The van der Waals surface area contributed by atoms with Crippen molar-refractivity contribution in [2.75, 3.05) is 13.1 Å². The van der Waals surface area contributed by atoms with E-state index in [1.54, 1.807) is 44.5 Å². The average Bonchev–Trinajstić information content (AvgIpc) is 3.22. The number of ketones is 1. The number of nitrogens with one attached hydrogen (secondary N) is 3. The third kappa shape index (κ3) is 10.4. The van der Waals surface area contributed by atoms with E-state index in [1.807, 2.05) is 19.9 Å². The molecule has 0 saturated heterocycles. The Morgan fingerprint density at radius 2 is 1.79 bits per heavy atom. The Morgan fingerprint density at radius 3 is 2.38 bits per heavy atom. The molecule has 2 aromatic rings. The van der Waals surface area contributed by atoms with Crippen molar-refractivity contribution in [3.05, 3.63) is 28.6 Å². The van der Waals surface area contributed by atoms with Gasteiger partial charge >= 0.3 is 6.09 Å². The van der Waals surface area contributed by atoms with Gasteiger partial charge in [0.1, 0.15) is 11.6 Å². The highest BCUT2D eigenvalue weighted by Crippen LogP contribution is 2.23. The number of hydrogen-bond acceptors (Lipinski definition) is 9. The van der Waals surface area contributed by atoms with Crippen LogP contribution >= 0.6 is 11.3 Å². The Kier molecular flexibility index (Phi) is 12.3. The van der Waals surface area contributed by atoms with Gasteiger partial charge in [-0.3, -0.25) is 19.4 Å². The third-order valence-corrected chi connectivity index (χ3v) is 7.04. The van der Waals surface area contributed by atoms with E-state index in [0.29, 0.717) is 28.7 Å². The molecule has 232 valence electrons. The number of guanidine groups is 1. The molecule has 0 bridgehead atoms. The highest BCUT2D eigenvalue weighted by atomic mass is 32.1. The van der Waals surface area contributed by atoms with E-state index in [-0.39, 0.29) is 30.6 Å². The Bertz CT molecular complexity index is 1370. The molecule has 0 spiro atoms. The number of para-hydroxylation sites is 1. The molecular formula is C27H43N9O5S. The molecule has 1 aromatic carbocycles. The summed E-state index contributed by atoms with van der Waals surface area (Å²) in [4.78, 5) is 56.4. The van der Waals surface area contributed by atoms with E-state index in [9.17, 15) is 19.2 Å². The number of nitrogens with two attached hydrogens (primary N) is 3. The number of carbonyl (C=O) groups excluding carboxylic acids is 4. The minimum atomic E-state index is -0.932. The van der Waals surface area contributed by atoms with Gasteiger partial charge in [0, 0.05) is 19.2 Å². The van der Waals surface area contributed by atoms with Crippen LogP contribution in [0.25, 0.3) is 10.2 Å². The summed E-state index contributed by atoms with van der Waals surface area (Å²) in [6.45, 7) is 8.81. The van der Waals surface area contributed by atoms with Crippen molar-refractivity contribution in [1.29, 1.82) is 0 Å². The summed E-state index contributed by atoms with van der Waals surface area (Å²) in [5, 5.41) is 11.6. The molecule has 0 fully saturated rings. The van der Waals surface area contributed by atoms with Gasteiger partial charge in [0.15, 0.2) is 11.7 Å². The summed E-state index contributed by atoms with van der Waals surface area (Å²) in [5.41, 5.74) is 11.1. The number of alkyl carbamates (subject to hydrolysis) is 1. The number of ether oxygens (including phenoxy) is 1. The van der Waals surface area contributed by atoms with E-state index in [0.717, 1.165) is 4.70 Å². The normalized spacial score (nSPS) is 13.4. The van der Waals surface area contributed by atoms with Gasteiger partial charge in [-0.05, 0) is 58.1 Å². The molecule has 0 unspecified atom stereocenters. The Balaban J connectivity index is 2.20. The zero-order valence-electron chi connectivity index (χ0n) is 25.0. The molecule has 2 rings (SSSR count). The Labute approximate surface area is 249 Å². The summed E-state index contributed by atoms with van der Waals surface area (Å²) in [5.74, 6) is 4.05. The molecule has 0 saturated carbocycles. The second kappa shape index (κ2) is 15.2. The third-order valence-electron chi connectivity index (χ3n) is 5.93. The maximum Gasteiger partial charge on any atom is 0.408 e. The Hall–Kier alpha value is -4.14. The van der Waals surface area contributed by atoms with Crippen LogP contribution in [0.1, 0.15) is 64.2 Å². The number of carbonyl (C=O) groups is 4. The average molecular weight is 606 g/mol. The standard InChI is InChI=1S/C27H43N9O5S/c1-15(2)13-18(34-26(40)41-27(3,4)5)23(39)32-14-20(37)33-17(10-8-12-31-24(28)29)22(38)16-9-7-11-19-21(16)36(6)25(35-30)42-19/h7,9,11,15,17-18H,8,10,12-14,30H2,1-6H3,(H,32,39)(H,33,37)(H,34,40)(H4,28,29,31)/t17-,18-/m0/s1. The van der Waals surface area contributed by atoms with Crippen molar-refractivity contribution in [3.63, 3.8) is 0 Å². The molecule has 42 heavy (non-hydrogen) atoms. The highest BCUT2D eigenvalue weighted by molar-refractivity contribution is 7.16. The summed E-state index contributed by atoms with van der Waals surface area (Å²) < 4.78 is 7.80. The first-order valence-electron chi connectivity index (χ1n) is 13.6. The number of aliphatic imine (C=N–C) groups is 1. The molecule has 3 amide bonds. The van der Waals surface area contributed by atoms with E-state index >= 15 is 0 Å². The summed E-state index contributed by atoms with van der Waals surface area (Å²) in [6.07, 6.45) is 0.244. The molecule has 1 aromatic heterocycles. The zero-order valence-corrected chi connectivity index (χ0v) is 25.8. The van der Waals surface area contributed by atoms with Gasteiger partial charge in [-0.25, -0.2) is 4.79 Å². The van der Waals surface area contributed by atoms with Crippen LogP contribution in [-0.4, -0.2) is 65.0 Å². The lowest BCUT2D eigenvalue weighted by atomic mass is 9.99. The first kappa shape index (κ1) is 34.1. The van der Waals surface area contributed by atoms with Gasteiger partial charge in [-0.2, -0.15) is 5.10 Å². The van der Waals surface area contributed by atoms with Crippen LogP contribution in [-0.2, 0) is 21.4 Å². The van der Waals surface area contributed by atoms with Crippen LogP contribution in [0.15, 0.2) is 28.3 Å².